The topological polar surface area (TPSA) is 67.9 Å². The average molecular weight is 445 g/mol. The predicted molar refractivity (Wildman–Crippen MR) is 119 cm³/mol. The zero-order chi connectivity index (χ0) is 22.3. The van der Waals surface area contributed by atoms with Crippen molar-refractivity contribution in [3.8, 4) is 17.2 Å². The number of hydrogen-bond donors (Lipinski definition) is 1. The molecule has 1 N–H and O–H groups in total. The molecule has 0 aliphatic carbocycles. The van der Waals surface area contributed by atoms with E-state index >= 15 is 0 Å². The number of rotatable bonds is 10. The molecule has 0 unspecified atom stereocenters. The molecule has 3 aromatic carbocycles. The highest BCUT2D eigenvalue weighted by Gasteiger charge is 2.14. The quantitative estimate of drug-likeness (QED) is 0.457. The summed E-state index contributed by atoms with van der Waals surface area (Å²) in [7, 11) is 0.260. The van der Waals surface area contributed by atoms with Crippen LogP contribution in [0, 0.1) is 5.82 Å². The van der Waals surface area contributed by atoms with Gasteiger partial charge in [0.05, 0.1) is 11.5 Å². The first-order valence-electron chi connectivity index (χ1n) is 9.76. The molecule has 0 heterocycles. The van der Waals surface area contributed by atoms with Gasteiger partial charge >= 0.3 is 0 Å². The van der Waals surface area contributed by atoms with Crippen molar-refractivity contribution in [1.82, 2.24) is 4.90 Å². The Balaban J connectivity index is 1.57. The highest BCUT2D eigenvalue weighted by atomic mass is 32.2. The third kappa shape index (κ3) is 6.97. The molecule has 0 radical (unpaired) electrons. The van der Waals surface area contributed by atoms with Crippen LogP contribution in [0.2, 0.25) is 0 Å². The van der Waals surface area contributed by atoms with Crippen LogP contribution in [0.5, 0.6) is 17.2 Å². The van der Waals surface area contributed by atoms with Crippen LogP contribution in [0.25, 0.3) is 0 Å². The number of ether oxygens (including phenoxy) is 2. The van der Waals surface area contributed by atoms with E-state index < -0.39 is 10.0 Å². The van der Waals surface area contributed by atoms with Gasteiger partial charge in [0.25, 0.3) is 10.0 Å². The van der Waals surface area contributed by atoms with E-state index in [1.807, 2.05) is 14.1 Å². The van der Waals surface area contributed by atoms with Crippen molar-refractivity contribution in [2.24, 2.45) is 0 Å². The number of halogens is 1. The Morgan fingerprint density at radius 2 is 1.39 bits per heavy atom. The highest BCUT2D eigenvalue weighted by Crippen LogP contribution is 2.25. The van der Waals surface area contributed by atoms with Crippen molar-refractivity contribution < 1.29 is 22.3 Å². The molecule has 31 heavy (non-hydrogen) atoms. The molecule has 0 spiro atoms. The molecule has 0 atom stereocenters. The lowest BCUT2D eigenvalue weighted by atomic mass is 10.3. The number of nitrogens with one attached hydrogen (secondary N) is 1. The lowest BCUT2D eigenvalue weighted by Gasteiger charge is -2.12. The summed E-state index contributed by atoms with van der Waals surface area (Å²) in [6.45, 7) is 1.49. The van der Waals surface area contributed by atoms with E-state index in [1.54, 1.807) is 36.4 Å². The van der Waals surface area contributed by atoms with Gasteiger partial charge in [-0.25, -0.2) is 12.8 Å². The third-order valence-electron chi connectivity index (χ3n) is 4.31. The molecule has 0 saturated carbocycles. The van der Waals surface area contributed by atoms with Gasteiger partial charge in [0.2, 0.25) is 0 Å². The second kappa shape index (κ2) is 10.3. The molecule has 0 aliphatic rings. The molecule has 0 amide bonds. The molecule has 6 nitrogen and oxygen atoms in total. The predicted octanol–water partition coefficient (Wildman–Crippen LogP) is 4.75. The molecule has 0 bridgehead atoms. The molecular weight excluding hydrogens is 419 g/mol. The first kappa shape index (κ1) is 22.6. The maximum atomic E-state index is 13.0. The largest absolute Gasteiger partial charge is 0.494 e. The van der Waals surface area contributed by atoms with E-state index in [0.29, 0.717) is 29.5 Å². The lowest BCUT2D eigenvalue weighted by Crippen LogP contribution is -2.15. The Morgan fingerprint density at radius 3 is 1.97 bits per heavy atom. The first-order valence-corrected chi connectivity index (χ1v) is 11.2. The number of anilines is 1. The standard InChI is InChI=1S/C23H25FN2O4S/c1-26(2)16-3-17-29-20-12-14-23(15-13-20)31(27,28)25-19-6-10-22(11-7-19)30-21-8-4-18(24)5-9-21/h4-15,25H,3,16-17H2,1-2H3. The van der Waals surface area contributed by atoms with E-state index in [-0.39, 0.29) is 10.7 Å². The van der Waals surface area contributed by atoms with Crippen LogP contribution in [0.15, 0.2) is 77.7 Å². The Morgan fingerprint density at radius 1 is 0.839 bits per heavy atom. The highest BCUT2D eigenvalue weighted by molar-refractivity contribution is 7.92. The molecule has 3 rings (SSSR count). The van der Waals surface area contributed by atoms with Crippen LogP contribution in [-0.4, -0.2) is 40.6 Å². The second-order valence-corrected chi connectivity index (χ2v) is 8.84. The average Bonchev–Trinajstić information content (AvgIpc) is 2.74. The van der Waals surface area contributed by atoms with Gasteiger partial charge in [-0.2, -0.15) is 0 Å². The summed E-state index contributed by atoms with van der Waals surface area (Å²) in [6, 6.07) is 18.4. The molecule has 0 aromatic heterocycles. The summed E-state index contributed by atoms with van der Waals surface area (Å²) in [4.78, 5) is 2.21. The van der Waals surface area contributed by atoms with E-state index in [2.05, 4.69) is 9.62 Å². The van der Waals surface area contributed by atoms with Crippen molar-refractivity contribution in [2.75, 3.05) is 32.0 Å². The van der Waals surface area contributed by atoms with Crippen LogP contribution in [-0.2, 0) is 10.0 Å². The fraction of sp³-hybridized carbons (Fsp3) is 0.217. The second-order valence-electron chi connectivity index (χ2n) is 7.16. The molecule has 164 valence electrons. The molecule has 0 fully saturated rings. The van der Waals surface area contributed by atoms with Gasteiger partial charge < -0.3 is 14.4 Å². The SMILES string of the molecule is CN(C)CCCOc1ccc(S(=O)(=O)Nc2ccc(Oc3ccc(F)cc3)cc2)cc1. The van der Waals surface area contributed by atoms with E-state index in [0.717, 1.165) is 13.0 Å². The fourth-order valence-electron chi connectivity index (χ4n) is 2.73. The number of benzene rings is 3. The monoisotopic (exact) mass is 444 g/mol. The van der Waals surface area contributed by atoms with Crippen molar-refractivity contribution >= 4 is 15.7 Å². The smallest absolute Gasteiger partial charge is 0.261 e. The van der Waals surface area contributed by atoms with E-state index in [1.165, 1.54) is 36.4 Å². The normalized spacial score (nSPS) is 11.4. The minimum absolute atomic E-state index is 0.139. The van der Waals surface area contributed by atoms with Crippen LogP contribution >= 0.6 is 0 Å². The van der Waals surface area contributed by atoms with Crippen molar-refractivity contribution in [2.45, 2.75) is 11.3 Å². The summed E-state index contributed by atoms with van der Waals surface area (Å²) in [5.41, 5.74) is 0.399. The van der Waals surface area contributed by atoms with E-state index in [9.17, 15) is 12.8 Å². The van der Waals surface area contributed by atoms with Gasteiger partial charge in [0.15, 0.2) is 0 Å². The van der Waals surface area contributed by atoms with Gasteiger partial charge in [0.1, 0.15) is 23.1 Å². The molecule has 8 heteroatoms. The van der Waals surface area contributed by atoms with Gasteiger partial charge in [-0.3, -0.25) is 4.72 Å². The van der Waals surface area contributed by atoms with Crippen LogP contribution in [0.4, 0.5) is 10.1 Å². The number of sulfonamides is 1. The van der Waals surface area contributed by atoms with Crippen LogP contribution in [0.3, 0.4) is 0 Å². The third-order valence-corrected chi connectivity index (χ3v) is 5.71. The maximum absolute atomic E-state index is 13.0. The minimum Gasteiger partial charge on any atom is -0.494 e. The van der Waals surface area contributed by atoms with Gasteiger partial charge in [0, 0.05) is 12.2 Å². The van der Waals surface area contributed by atoms with Crippen molar-refractivity contribution in [3.05, 3.63) is 78.6 Å². The summed E-state index contributed by atoms with van der Waals surface area (Å²) in [6.07, 6.45) is 0.884. The van der Waals surface area contributed by atoms with E-state index in [4.69, 9.17) is 9.47 Å². The Hall–Kier alpha value is -3.10. The van der Waals surface area contributed by atoms with Crippen LogP contribution in [0.1, 0.15) is 6.42 Å². The van der Waals surface area contributed by atoms with Crippen molar-refractivity contribution in [1.29, 1.82) is 0 Å². The maximum Gasteiger partial charge on any atom is 0.261 e. The van der Waals surface area contributed by atoms with Gasteiger partial charge in [-0.1, -0.05) is 0 Å². The van der Waals surface area contributed by atoms with Crippen molar-refractivity contribution in [3.63, 3.8) is 0 Å². The molecule has 3 aromatic rings. The van der Waals surface area contributed by atoms with Gasteiger partial charge in [-0.15, -0.1) is 0 Å². The Bertz CT molecular complexity index is 1070. The number of hydrogen-bond acceptors (Lipinski definition) is 5. The first-order chi connectivity index (χ1) is 14.8. The minimum atomic E-state index is -3.74. The molecule has 0 aliphatic heterocycles. The fourth-order valence-corrected chi connectivity index (χ4v) is 3.79. The zero-order valence-electron chi connectivity index (χ0n) is 17.4. The summed E-state index contributed by atoms with van der Waals surface area (Å²) in [5.74, 6) is 1.27. The Kier molecular flexibility index (Phi) is 7.49. The Labute approximate surface area is 182 Å². The molecule has 0 saturated heterocycles. The zero-order valence-corrected chi connectivity index (χ0v) is 18.2. The summed E-state index contributed by atoms with van der Waals surface area (Å²) >= 11 is 0. The lowest BCUT2D eigenvalue weighted by molar-refractivity contribution is 0.281. The van der Waals surface area contributed by atoms with Gasteiger partial charge in [-0.05, 0) is 93.3 Å². The number of nitrogens with zero attached hydrogens (tertiary/aromatic N) is 1. The summed E-state index contributed by atoms with van der Waals surface area (Å²) < 4.78 is 52.0. The summed E-state index contributed by atoms with van der Waals surface area (Å²) in [5, 5.41) is 0. The molecular formula is C23H25FN2O4S. The van der Waals surface area contributed by atoms with Crippen LogP contribution < -0.4 is 14.2 Å².